The number of amides is 1. The third kappa shape index (κ3) is 6.72. The second-order valence-corrected chi connectivity index (χ2v) is 9.92. The fraction of sp³-hybridized carbons (Fsp3) is 0.519. The predicted octanol–water partition coefficient (Wildman–Crippen LogP) is 3.24. The third-order valence-corrected chi connectivity index (χ3v) is 6.75. The lowest BCUT2D eigenvalue weighted by Gasteiger charge is -2.40. The second kappa shape index (κ2) is 11.5. The van der Waals surface area contributed by atoms with Gasteiger partial charge in [0.1, 0.15) is 11.5 Å². The molecule has 0 radical (unpaired) electrons. The molecule has 0 aromatic carbocycles. The quantitative estimate of drug-likeness (QED) is 0.454. The Morgan fingerprint density at radius 1 is 1.29 bits per heavy atom. The van der Waals surface area contributed by atoms with E-state index in [1.54, 1.807) is 18.5 Å². The zero-order chi connectivity index (χ0) is 24.8. The number of anilines is 2. The van der Waals surface area contributed by atoms with E-state index >= 15 is 0 Å². The molecule has 1 amide bonds. The van der Waals surface area contributed by atoms with Crippen LogP contribution in [0.25, 0.3) is 11.1 Å². The van der Waals surface area contributed by atoms with Gasteiger partial charge in [-0.2, -0.15) is 0 Å². The molecule has 1 aliphatic carbocycles. The van der Waals surface area contributed by atoms with Crippen LogP contribution in [0.2, 0.25) is 0 Å². The van der Waals surface area contributed by atoms with Crippen molar-refractivity contribution in [3.8, 4) is 11.1 Å². The molecule has 1 saturated carbocycles. The minimum atomic E-state index is -0.0830. The van der Waals surface area contributed by atoms with Gasteiger partial charge in [-0.15, -0.1) is 0 Å². The Kier molecular flexibility index (Phi) is 8.23. The van der Waals surface area contributed by atoms with Crippen molar-refractivity contribution in [2.45, 2.75) is 51.6 Å². The maximum Gasteiger partial charge on any atom is 0.271 e. The van der Waals surface area contributed by atoms with Crippen LogP contribution in [0.1, 0.15) is 39.5 Å². The van der Waals surface area contributed by atoms with Crippen LogP contribution < -0.4 is 21.1 Å². The maximum absolute atomic E-state index is 13.0. The Hall–Kier alpha value is -3.13. The molecule has 0 unspecified atom stereocenters. The number of hydrogen-bond donors (Lipinski definition) is 3. The fourth-order valence-corrected chi connectivity index (χ4v) is 4.60. The van der Waals surface area contributed by atoms with Crippen LogP contribution in [0.15, 0.2) is 47.5 Å². The van der Waals surface area contributed by atoms with Crippen LogP contribution in [0.3, 0.4) is 0 Å². The summed E-state index contributed by atoms with van der Waals surface area (Å²) in [4.78, 5) is 37.4. The molecule has 1 aliphatic heterocycles. The normalized spacial score (nSPS) is 18.3. The van der Waals surface area contributed by atoms with Crippen molar-refractivity contribution in [1.82, 2.24) is 20.2 Å². The Labute approximate surface area is 207 Å². The molecule has 3 N–H and O–H groups in total. The Bertz CT molecular complexity index is 1090. The lowest BCUT2D eigenvalue weighted by Crippen LogP contribution is -2.51. The lowest BCUT2D eigenvalue weighted by atomic mass is 10.0. The largest absolute Gasteiger partial charge is 0.373 e. The number of carbonyl (C=O) groups is 1. The van der Waals surface area contributed by atoms with E-state index in [2.05, 4.69) is 39.3 Å². The van der Waals surface area contributed by atoms with E-state index in [0.717, 1.165) is 42.9 Å². The highest BCUT2D eigenvalue weighted by Gasteiger charge is 2.33. The zero-order valence-electron chi connectivity index (χ0n) is 21.1. The van der Waals surface area contributed by atoms with Gasteiger partial charge in [0.05, 0.1) is 0 Å². The fourth-order valence-electron chi connectivity index (χ4n) is 4.60. The summed E-state index contributed by atoms with van der Waals surface area (Å²) in [5.41, 5.74) is 2.55. The molecule has 0 spiro atoms. The molecule has 2 aromatic heterocycles. The van der Waals surface area contributed by atoms with E-state index in [1.807, 2.05) is 36.2 Å². The first kappa shape index (κ1) is 25.0. The number of aromatic nitrogens is 2. The Morgan fingerprint density at radius 3 is 2.86 bits per heavy atom. The van der Waals surface area contributed by atoms with Gasteiger partial charge in [-0.1, -0.05) is 19.9 Å². The van der Waals surface area contributed by atoms with E-state index in [9.17, 15) is 9.59 Å². The molecule has 1 saturated heterocycles. The Morgan fingerprint density at radius 2 is 2.11 bits per heavy atom. The van der Waals surface area contributed by atoms with Crippen LogP contribution in [-0.2, 0) is 4.79 Å². The molecule has 188 valence electrons. The van der Waals surface area contributed by atoms with Crippen molar-refractivity contribution >= 4 is 17.4 Å². The van der Waals surface area contributed by atoms with Crippen LogP contribution in [-0.4, -0.2) is 66.1 Å². The van der Waals surface area contributed by atoms with Gasteiger partial charge >= 0.3 is 0 Å². The summed E-state index contributed by atoms with van der Waals surface area (Å²) < 4.78 is 0. The van der Waals surface area contributed by atoms with E-state index in [0.29, 0.717) is 30.7 Å². The van der Waals surface area contributed by atoms with Crippen molar-refractivity contribution in [3.05, 3.63) is 53.1 Å². The summed E-state index contributed by atoms with van der Waals surface area (Å²) in [5, 5.41) is 6.37. The van der Waals surface area contributed by atoms with E-state index in [-0.39, 0.29) is 17.5 Å². The predicted molar refractivity (Wildman–Crippen MR) is 142 cm³/mol. The number of hydrogen-bond acceptors (Lipinski definition) is 6. The average Bonchev–Trinajstić information content (AvgIpc) is 3.70. The van der Waals surface area contributed by atoms with E-state index in [4.69, 9.17) is 0 Å². The summed E-state index contributed by atoms with van der Waals surface area (Å²) >= 11 is 0. The first-order valence-corrected chi connectivity index (χ1v) is 12.8. The molecular formula is C27H38N6O2. The zero-order valence-corrected chi connectivity index (χ0v) is 21.1. The molecule has 35 heavy (non-hydrogen) atoms. The first-order chi connectivity index (χ1) is 16.9. The standard InChI is InChI=1S/C27H38N6O2/c1-19(2)29-11-4-7-26(34)32-13-5-6-23(18-32)33(17-20-8-9-20)24-14-22(16-31-27(24)35)21-10-12-30-25(15-21)28-3/h4,7,10,12,14-16,19-20,23,29H,5-6,8-9,11,13,17-18H2,1-3H3,(H,28,30)(H,31,35)/b7-4+/t23-/m0/s1. The maximum atomic E-state index is 13.0. The van der Waals surface area contributed by atoms with Gasteiger partial charge in [0, 0.05) is 69.3 Å². The number of H-pyrrole nitrogens is 1. The van der Waals surface area contributed by atoms with Crippen LogP contribution >= 0.6 is 0 Å². The highest BCUT2D eigenvalue weighted by Crippen LogP contribution is 2.34. The SMILES string of the molecule is CNc1cc(-c2c[nH]c(=O)c(N(CC3CC3)[C@H]3CCCN(C(=O)/C=C/CNC(C)C)C3)c2)ccn1. The highest BCUT2D eigenvalue weighted by atomic mass is 16.2. The number of carbonyl (C=O) groups excluding carboxylic acids is 1. The summed E-state index contributed by atoms with van der Waals surface area (Å²) in [7, 11) is 1.84. The van der Waals surface area contributed by atoms with Gasteiger partial charge in [-0.25, -0.2) is 4.98 Å². The molecule has 8 heteroatoms. The summed E-state index contributed by atoms with van der Waals surface area (Å²) in [6.45, 7) is 7.10. The summed E-state index contributed by atoms with van der Waals surface area (Å²) in [6, 6.07) is 6.43. The van der Waals surface area contributed by atoms with Gasteiger partial charge < -0.3 is 25.4 Å². The van der Waals surface area contributed by atoms with Crippen molar-refractivity contribution in [2.24, 2.45) is 5.92 Å². The van der Waals surface area contributed by atoms with Crippen LogP contribution in [0, 0.1) is 5.92 Å². The molecular weight excluding hydrogens is 440 g/mol. The number of aromatic amines is 1. The van der Waals surface area contributed by atoms with Crippen molar-refractivity contribution in [2.75, 3.05) is 43.4 Å². The molecule has 2 fully saturated rings. The minimum absolute atomic E-state index is 0.0469. The van der Waals surface area contributed by atoms with Gasteiger partial charge in [-0.3, -0.25) is 9.59 Å². The van der Waals surface area contributed by atoms with E-state index < -0.39 is 0 Å². The molecule has 1 atom stereocenters. The third-order valence-electron chi connectivity index (χ3n) is 6.75. The highest BCUT2D eigenvalue weighted by molar-refractivity contribution is 5.87. The number of nitrogens with zero attached hydrogens (tertiary/aromatic N) is 3. The van der Waals surface area contributed by atoms with Gasteiger partial charge in [0.15, 0.2) is 0 Å². The number of pyridine rings is 2. The second-order valence-electron chi connectivity index (χ2n) is 9.92. The van der Waals surface area contributed by atoms with Gasteiger partial charge in [0.2, 0.25) is 5.91 Å². The molecule has 2 aliphatic rings. The number of likely N-dealkylation sites (tertiary alicyclic amines) is 1. The van der Waals surface area contributed by atoms with Crippen LogP contribution in [0.4, 0.5) is 11.5 Å². The molecule has 0 bridgehead atoms. The molecule has 3 heterocycles. The molecule has 2 aromatic rings. The number of rotatable bonds is 10. The van der Waals surface area contributed by atoms with Crippen LogP contribution in [0.5, 0.6) is 0 Å². The summed E-state index contributed by atoms with van der Waals surface area (Å²) in [5.74, 6) is 1.44. The van der Waals surface area contributed by atoms with Crippen molar-refractivity contribution < 1.29 is 4.79 Å². The number of piperidine rings is 1. The topological polar surface area (TPSA) is 93.4 Å². The average molecular weight is 479 g/mol. The lowest BCUT2D eigenvalue weighted by molar-refractivity contribution is -0.127. The Balaban J connectivity index is 1.55. The molecule has 8 nitrogen and oxygen atoms in total. The van der Waals surface area contributed by atoms with Gasteiger partial charge in [-0.05, 0) is 55.4 Å². The smallest absolute Gasteiger partial charge is 0.271 e. The molecule has 4 rings (SSSR count). The van der Waals surface area contributed by atoms with Crippen molar-refractivity contribution in [3.63, 3.8) is 0 Å². The van der Waals surface area contributed by atoms with Crippen molar-refractivity contribution in [1.29, 1.82) is 0 Å². The monoisotopic (exact) mass is 478 g/mol. The van der Waals surface area contributed by atoms with E-state index in [1.165, 1.54) is 12.8 Å². The minimum Gasteiger partial charge on any atom is -0.373 e. The van der Waals surface area contributed by atoms with Gasteiger partial charge in [0.25, 0.3) is 5.56 Å². The first-order valence-electron chi connectivity index (χ1n) is 12.8. The number of nitrogens with one attached hydrogen (secondary N) is 3. The summed E-state index contributed by atoms with van der Waals surface area (Å²) in [6.07, 6.45) is 11.4.